The van der Waals surface area contributed by atoms with Crippen molar-refractivity contribution in [1.82, 2.24) is 20.0 Å². The molecule has 1 N–H and O–H groups in total. The minimum Gasteiger partial charge on any atom is -0.381 e. The summed E-state index contributed by atoms with van der Waals surface area (Å²) < 4.78 is 13.2. The number of hydrogen-bond acceptors (Lipinski definition) is 5. The number of carbonyl (C=O) groups is 1. The second kappa shape index (κ2) is 7.43. The molecule has 0 spiro atoms. The number of ether oxygens (including phenoxy) is 2. The van der Waals surface area contributed by atoms with E-state index in [0.29, 0.717) is 29.9 Å². The molecular formula is C18H28N4O3. The summed E-state index contributed by atoms with van der Waals surface area (Å²) in [6, 6.07) is 0. The normalized spacial score (nSPS) is 32.7. The van der Waals surface area contributed by atoms with Gasteiger partial charge in [0, 0.05) is 45.4 Å². The number of piperidine rings is 1. The Morgan fingerprint density at radius 2 is 2.32 bits per heavy atom. The number of aromatic nitrogens is 2. The molecule has 3 saturated heterocycles. The molecule has 3 aliphatic heterocycles. The number of amides is 1. The second-order valence-electron chi connectivity index (χ2n) is 7.69. The van der Waals surface area contributed by atoms with Gasteiger partial charge in [0.15, 0.2) is 0 Å². The SMILES string of the molecule is Cn1cc(C(=O)NC[C@@H]2OC[C@H]3CN(CC4CCOC4)CC[C@H]32)cn1. The van der Waals surface area contributed by atoms with Gasteiger partial charge in [0.25, 0.3) is 5.91 Å². The van der Waals surface area contributed by atoms with E-state index in [1.54, 1.807) is 17.1 Å². The standard InChI is InChI=1S/C18H28N4O3/c1-21-9-14(6-20-21)18(23)19-7-17-16-2-4-22(10-15(16)12-25-17)8-13-3-5-24-11-13/h6,9,13,15-17H,2-5,7-8,10-12H2,1H3,(H,19,23)/t13?,15-,16-,17+/m1/s1. The van der Waals surface area contributed by atoms with Crippen molar-refractivity contribution in [1.29, 1.82) is 0 Å². The highest BCUT2D eigenvalue weighted by Gasteiger charge is 2.41. The van der Waals surface area contributed by atoms with Crippen LogP contribution in [0.2, 0.25) is 0 Å². The first-order chi connectivity index (χ1) is 12.2. The van der Waals surface area contributed by atoms with Gasteiger partial charge in [0.05, 0.1) is 31.1 Å². The number of fused-ring (bicyclic) bond motifs is 1. The molecule has 138 valence electrons. The zero-order chi connectivity index (χ0) is 17.2. The van der Waals surface area contributed by atoms with E-state index in [1.165, 1.54) is 6.42 Å². The summed E-state index contributed by atoms with van der Waals surface area (Å²) in [6.07, 6.45) is 5.83. The smallest absolute Gasteiger partial charge is 0.254 e. The number of nitrogens with zero attached hydrogens (tertiary/aromatic N) is 3. The van der Waals surface area contributed by atoms with Gasteiger partial charge in [-0.25, -0.2) is 0 Å². The van der Waals surface area contributed by atoms with Crippen LogP contribution in [0.1, 0.15) is 23.2 Å². The Labute approximate surface area is 148 Å². The van der Waals surface area contributed by atoms with Gasteiger partial charge >= 0.3 is 0 Å². The van der Waals surface area contributed by atoms with E-state index in [1.807, 2.05) is 7.05 Å². The molecule has 3 aliphatic rings. The summed E-state index contributed by atoms with van der Waals surface area (Å²) in [5.74, 6) is 1.79. The van der Waals surface area contributed by atoms with Gasteiger partial charge in [-0.1, -0.05) is 0 Å². The molecule has 4 heterocycles. The first-order valence-electron chi connectivity index (χ1n) is 9.37. The second-order valence-corrected chi connectivity index (χ2v) is 7.69. The number of hydrogen-bond donors (Lipinski definition) is 1. The average molecular weight is 348 g/mol. The van der Waals surface area contributed by atoms with Crippen LogP contribution < -0.4 is 5.32 Å². The van der Waals surface area contributed by atoms with Crippen molar-refractivity contribution in [3.8, 4) is 0 Å². The highest BCUT2D eigenvalue weighted by atomic mass is 16.5. The Morgan fingerprint density at radius 3 is 3.08 bits per heavy atom. The maximum absolute atomic E-state index is 12.2. The van der Waals surface area contributed by atoms with Crippen LogP contribution in [0.3, 0.4) is 0 Å². The fourth-order valence-electron chi connectivity index (χ4n) is 4.46. The molecule has 1 unspecified atom stereocenters. The van der Waals surface area contributed by atoms with E-state index in [0.717, 1.165) is 45.9 Å². The molecule has 0 saturated carbocycles. The van der Waals surface area contributed by atoms with Crippen molar-refractivity contribution in [3.63, 3.8) is 0 Å². The molecule has 4 rings (SSSR count). The predicted molar refractivity (Wildman–Crippen MR) is 92.2 cm³/mol. The summed E-state index contributed by atoms with van der Waals surface area (Å²) in [7, 11) is 1.81. The first-order valence-corrected chi connectivity index (χ1v) is 9.37. The van der Waals surface area contributed by atoms with Crippen LogP contribution in [-0.2, 0) is 16.5 Å². The van der Waals surface area contributed by atoms with Crippen molar-refractivity contribution in [2.75, 3.05) is 46.0 Å². The number of carbonyl (C=O) groups excluding carboxylic acids is 1. The Kier molecular flexibility index (Phi) is 5.05. The number of aryl methyl sites for hydroxylation is 1. The highest BCUT2D eigenvalue weighted by molar-refractivity contribution is 5.93. The lowest BCUT2D eigenvalue weighted by atomic mass is 9.84. The third kappa shape index (κ3) is 3.88. The topological polar surface area (TPSA) is 68.6 Å². The van der Waals surface area contributed by atoms with E-state index in [9.17, 15) is 4.79 Å². The molecule has 0 aliphatic carbocycles. The molecule has 7 heteroatoms. The molecule has 1 aromatic heterocycles. The largest absolute Gasteiger partial charge is 0.381 e. The Bertz CT molecular complexity index is 599. The van der Waals surface area contributed by atoms with Crippen LogP contribution in [0.4, 0.5) is 0 Å². The quantitative estimate of drug-likeness (QED) is 0.840. The summed E-state index contributed by atoms with van der Waals surface area (Å²) in [5, 5.41) is 7.05. The molecular weight excluding hydrogens is 320 g/mol. The summed E-state index contributed by atoms with van der Waals surface area (Å²) >= 11 is 0. The minimum atomic E-state index is -0.0705. The van der Waals surface area contributed by atoms with Crippen molar-refractivity contribution < 1.29 is 14.3 Å². The highest BCUT2D eigenvalue weighted by Crippen LogP contribution is 2.34. The maximum Gasteiger partial charge on any atom is 0.254 e. The van der Waals surface area contributed by atoms with E-state index in [2.05, 4.69) is 15.3 Å². The van der Waals surface area contributed by atoms with Crippen molar-refractivity contribution >= 4 is 5.91 Å². The van der Waals surface area contributed by atoms with Crippen LogP contribution in [0.25, 0.3) is 0 Å². The van der Waals surface area contributed by atoms with Gasteiger partial charge in [0.1, 0.15) is 0 Å². The molecule has 3 fully saturated rings. The summed E-state index contributed by atoms with van der Waals surface area (Å²) in [6.45, 7) is 6.66. The molecule has 4 atom stereocenters. The lowest BCUT2D eigenvalue weighted by Crippen LogP contribution is -2.45. The van der Waals surface area contributed by atoms with E-state index in [4.69, 9.17) is 9.47 Å². The van der Waals surface area contributed by atoms with E-state index >= 15 is 0 Å². The number of rotatable bonds is 5. The van der Waals surface area contributed by atoms with Crippen LogP contribution in [-0.4, -0.2) is 72.7 Å². The third-order valence-electron chi connectivity index (χ3n) is 5.85. The maximum atomic E-state index is 12.2. The zero-order valence-corrected chi connectivity index (χ0v) is 14.9. The molecule has 0 bridgehead atoms. The van der Waals surface area contributed by atoms with Crippen LogP contribution in [0.15, 0.2) is 12.4 Å². The molecule has 1 aromatic rings. The molecule has 25 heavy (non-hydrogen) atoms. The van der Waals surface area contributed by atoms with Gasteiger partial charge in [-0.05, 0) is 31.2 Å². The minimum absolute atomic E-state index is 0.0705. The summed E-state index contributed by atoms with van der Waals surface area (Å²) in [5.41, 5.74) is 0.602. The third-order valence-corrected chi connectivity index (χ3v) is 5.85. The van der Waals surface area contributed by atoms with Gasteiger partial charge in [-0.3, -0.25) is 9.48 Å². The van der Waals surface area contributed by atoms with Crippen molar-refractivity contribution in [3.05, 3.63) is 18.0 Å². The van der Waals surface area contributed by atoms with Crippen LogP contribution >= 0.6 is 0 Å². The lowest BCUT2D eigenvalue weighted by Gasteiger charge is -2.36. The van der Waals surface area contributed by atoms with E-state index < -0.39 is 0 Å². The first kappa shape index (κ1) is 17.0. The molecule has 0 aromatic carbocycles. The predicted octanol–water partition coefficient (Wildman–Crippen LogP) is 0.523. The van der Waals surface area contributed by atoms with Gasteiger partial charge in [0.2, 0.25) is 0 Å². The number of likely N-dealkylation sites (tertiary alicyclic amines) is 1. The van der Waals surface area contributed by atoms with Gasteiger partial charge in [-0.2, -0.15) is 5.10 Å². The fraction of sp³-hybridized carbons (Fsp3) is 0.778. The molecule has 1 amide bonds. The monoisotopic (exact) mass is 348 g/mol. The lowest BCUT2D eigenvalue weighted by molar-refractivity contribution is 0.0735. The number of nitrogens with one attached hydrogen (secondary N) is 1. The van der Waals surface area contributed by atoms with E-state index in [-0.39, 0.29) is 12.0 Å². The van der Waals surface area contributed by atoms with Crippen LogP contribution in [0, 0.1) is 17.8 Å². The van der Waals surface area contributed by atoms with Crippen molar-refractivity contribution in [2.45, 2.75) is 18.9 Å². The zero-order valence-electron chi connectivity index (χ0n) is 14.9. The van der Waals surface area contributed by atoms with Crippen LogP contribution in [0.5, 0.6) is 0 Å². The molecule has 0 radical (unpaired) electrons. The van der Waals surface area contributed by atoms with Gasteiger partial charge in [-0.15, -0.1) is 0 Å². The Hall–Kier alpha value is -1.44. The summed E-state index contributed by atoms with van der Waals surface area (Å²) in [4.78, 5) is 14.8. The fourth-order valence-corrected chi connectivity index (χ4v) is 4.46. The van der Waals surface area contributed by atoms with Crippen molar-refractivity contribution in [2.24, 2.45) is 24.8 Å². The Morgan fingerprint density at radius 1 is 1.40 bits per heavy atom. The van der Waals surface area contributed by atoms with Gasteiger partial charge < -0.3 is 19.7 Å². The average Bonchev–Trinajstić information content (AvgIpc) is 3.34. The Balaban J connectivity index is 1.25. The molecule has 7 nitrogen and oxygen atoms in total.